The molecule has 4 rings (SSSR count). The van der Waals surface area contributed by atoms with Gasteiger partial charge in [0.2, 0.25) is 0 Å². The van der Waals surface area contributed by atoms with E-state index in [1.165, 1.54) is 0 Å². The highest BCUT2D eigenvalue weighted by Crippen LogP contribution is 2.40. The summed E-state index contributed by atoms with van der Waals surface area (Å²) in [6.07, 6.45) is -0.704. The van der Waals surface area contributed by atoms with Crippen molar-refractivity contribution in [2.75, 3.05) is 4.90 Å². The number of carbonyl (C=O) groups is 1. The fraction of sp³-hybridized carbons (Fsp3) is 0.0476. The maximum atomic E-state index is 12.4. The SMILES string of the molecule is N#CC1=C(S)N(c2ccccc2)C(c2ccc(-c3c(Cl)cccc3Cl)o2)NC1=O. The Balaban J connectivity index is 1.82. The number of nitrogens with one attached hydrogen (secondary N) is 1. The third-order valence-corrected chi connectivity index (χ3v) is 5.53. The summed E-state index contributed by atoms with van der Waals surface area (Å²) in [6, 6.07) is 19.8. The van der Waals surface area contributed by atoms with Crippen molar-refractivity contribution in [2.24, 2.45) is 0 Å². The molecule has 0 aliphatic carbocycles. The maximum absolute atomic E-state index is 12.4. The first kappa shape index (κ1) is 19.5. The second kappa shape index (κ2) is 7.88. The Kier molecular flexibility index (Phi) is 5.29. The van der Waals surface area contributed by atoms with Crippen LogP contribution < -0.4 is 10.2 Å². The van der Waals surface area contributed by atoms with Crippen LogP contribution in [-0.4, -0.2) is 5.91 Å². The van der Waals surface area contributed by atoms with E-state index in [2.05, 4.69) is 17.9 Å². The number of anilines is 1. The second-order valence-corrected chi connectivity index (χ2v) is 7.43. The van der Waals surface area contributed by atoms with Gasteiger partial charge >= 0.3 is 0 Å². The van der Waals surface area contributed by atoms with Crippen molar-refractivity contribution in [1.29, 1.82) is 5.26 Å². The van der Waals surface area contributed by atoms with Gasteiger partial charge in [0.25, 0.3) is 5.91 Å². The molecule has 0 bridgehead atoms. The average Bonchev–Trinajstić information content (AvgIpc) is 3.18. The van der Waals surface area contributed by atoms with Gasteiger partial charge in [0.15, 0.2) is 6.17 Å². The van der Waals surface area contributed by atoms with Crippen LogP contribution >= 0.6 is 35.8 Å². The molecule has 0 spiro atoms. The highest BCUT2D eigenvalue weighted by molar-refractivity contribution is 7.84. The molecule has 2 aromatic carbocycles. The van der Waals surface area contributed by atoms with Gasteiger partial charge in [-0.1, -0.05) is 47.5 Å². The second-order valence-electron chi connectivity index (χ2n) is 6.19. The molecule has 0 saturated heterocycles. The molecule has 3 aromatic rings. The van der Waals surface area contributed by atoms with E-state index in [1.807, 2.05) is 36.4 Å². The quantitative estimate of drug-likeness (QED) is 0.522. The Morgan fingerprint density at radius 3 is 2.38 bits per heavy atom. The molecule has 0 fully saturated rings. The van der Waals surface area contributed by atoms with Crippen LogP contribution in [0.5, 0.6) is 0 Å². The lowest BCUT2D eigenvalue weighted by molar-refractivity contribution is -0.118. The van der Waals surface area contributed by atoms with E-state index >= 15 is 0 Å². The number of amides is 1. The van der Waals surface area contributed by atoms with Gasteiger partial charge in [-0.2, -0.15) is 5.26 Å². The van der Waals surface area contributed by atoms with Gasteiger partial charge in [-0.25, -0.2) is 0 Å². The zero-order chi connectivity index (χ0) is 20.5. The fourth-order valence-corrected chi connectivity index (χ4v) is 4.10. The van der Waals surface area contributed by atoms with E-state index in [4.69, 9.17) is 27.6 Å². The number of hydrogen-bond donors (Lipinski definition) is 2. The molecule has 1 aliphatic rings. The third-order valence-electron chi connectivity index (χ3n) is 4.46. The number of para-hydroxylation sites is 1. The van der Waals surface area contributed by atoms with Gasteiger partial charge in [-0.05, 0) is 36.4 Å². The summed E-state index contributed by atoms with van der Waals surface area (Å²) in [6.45, 7) is 0. The Morgan fingerprint density at radius 1 is 1.03 bits per heavy atom. The first-order valence-corrected chi connectivity index (χ1v) is 9.74. The molecular weight excluding hydrogens is 429 g/mol. The lowest BCUT2D eigenvalue weighted by atomic mass is 10.1. The van der Waals surface area contributed by atoms with Crippen LogP contribution in [-0.2, 0) is 4.79 Å². The van der Waals surface area contributed by atoms with Crippen LogP contribution in [0.2, 0.25) is 10.0 Å². The summed E-state index contributed by atoms with van der Waals surface area (Å²) in [5.41, 5.74) is 1.23. The van der Waals surface area contributed by atoms with Gasteiger partial charge in [0.05, 0.1) is 20.6 Å². The predicted octanol–water partition coefficient (Wildman–Crippen LogP) is 5.55. The third kappa shape index (κ3) is 3.49. The summed E-state index contributed by atoms with van der Waals surface area (Å²) < 4.78 is 6.02. The van der Waals surface area contributed by atoms with Gasteiger partial charge in [0, 0.05) is 5.69 Å². The minimum Gasteiger partial charge on any atom is -0.457 e. The number of hydrogen-bond acceptors (Lipinski definition) is 5. The van der Waals surface area contributed by atoms with E-state index in [1.54, 1.807) is 35.2 Å². The summed E-state index contributed by atoms with van der Waals surface area (Å²) in [5, 5.41) is 13.3. The number of benzene rings is 2. The molecule has 144 valence electrons. The standard InChI is InChI=1S/C21H13Cl2N3O2S/c22-14-7-4-8-15(23)18(14)16-9-10-17(28-16)19-25-20(27)13(11-24)21(29)26(19)12-5-2-1-3-6-12/h1-10,19,29H,(H,25,27). The smallest absolute Gasteiger partial charge is 0.266 e. The van der Waals surface area contributed by atoms with Crippen LogP contribution in [0.4, 0.5) is 5.69 Å². The summed E-state index contributed by atoms with van der Waals surface area (Å²) >= 11 is 17.0. The topological polar surface area (TPSA) is 69.3 Å². The van der Waals surface area contributed by atoms with Crippen molar-refractivity contribution >= 4 is 47.4 Å². The van der Waals surface area contributed by atoms with Crippen molar-refractivity contribution in [1.82, 2.24) is 5.32 Å². The molecule has 0 radical (unpaired) electrons. The Morgan fingerprint density at radius 2 is 1.72 bits per heavy atom. The van der Waals surface area contributed by atoms with Crippen molar-refractivity contribution in [3.8, 4) is 17.4 Å². The summed E-state index contributed by atoms with van der Waals surface area (Å²) in [7, 11) is 0. The zero-order valence-corrected chi connectivity index (χ0v) is 17.2. The van der Waals surface area contributed by atoms with Crippen LogP contribution in [0.25, 0.3) is 11.3 Å². The molecule has 5 nitrogen and oxygen atoms in total. The first-order valence-electron chi connectivity index (χ1n) is 8.54. The van der Waals surface area contributed by atoms with Gasteiger partial charge in [-0.15, -0.1) is 12.6 Å². The molecule has 1 unspecified atom stereocenters. The molecular formula is C21H13Cl2N3O2S. The predicted molar refractivity (Wildman–Crippen MR) is 116 cm³/mol. The zero-order valence-electron chi connectivity index (χ0n) is 14.8. The van der Waals surface area contributed by atoms with E-state index in [0.29, 0.717) is 27.1 Å². The summed E-state index contributed by atoms with van der Waals surface area (Å²) in [5.74, 6) is 0.383. The average molecular weight is 442 g/mol. The van der Waals surface area contributed by atoms with Crippen LogP contribution in [0.1, 0.15) is 11.9 Å². The molecule has 1 aromatic heterocycles. The highest BCUT2D eigenvalue weighted by Gasteiger charge is 2.35. The number of carbonyl (C=O) groups excluding carboxylic acids is 1. The molecule has 1 amide bonds. The molecule has 29 heavy (non-hydrogen) atoms. The molecule has 8 heteroatoms. The number of rotatable bonds is 3. The number of nitriles is 1. The minimum atomic E-state index is -0.704. The molecule has 2 heterocycles. The molecule has 1 N–H and O–H groups in total. The van der Waals surface area contributed by atoms with Crippen molar-refractivity contribution in [3.63, 3.8) is 0 Å². The van der Waals surface area contributed by atoms with Gasteiger partial charge < -0.3 is 14.6 Å². The van der Waals surface area contributed by atoms with E-state index < -0.39 is 12.1 Å². The van der Waals surface area contributed by atoms with Crippen molar-refractivity contribution < 1.29 is 9.21 Å². The lowest BCUT2D eigenvalue weighted by Crippen LogP contribution is -2.45. The number of furan rings is 1. The van der Waals surface area contributed by atoms with Gasteiger partial charge in [-0.3, -0.25) is 4.79 Å². The fourth-order valence-electron chi connectivity index (χ4n) is 3.13. The molecule has 1 aliphatic heterocycles. The largest absolute Gasteiger partial charge is 0.457 e. The van der Waals surface area contributed by atoms with Crippen molar-refractivity contribution in [2.45, 2.75) is 6.17 Å². The van der Waals surface area contributed by atoms with Crippen LogP contribution in [0.3, 0.4) is 0 Å². The first-order chi connectivity index (χ1) is 14.0. The van der Waals surface area contributed by atoms with E-state index in [-0.39, 0.29) is 10.6 Å². The minimum absolute atomic E-state index is 0.0747. The maximum Gasteiger partial charge on any atom is 0.266 e. The normalized spacial score (nSPS) is 16.6. The molecule has 1 atom stereocenters. The Hall–Kier alpha value is -2.85. The summed E-state index contributed by atoms with van der Waals surface area (Å²) in [4.78, 5) is 14.2. The van der Waals surface area contributed by atoms with Crippen LogP contribution in [0, 0.1) is 11.3 Å². The highest BCUT2D eigenvalue weighted by atomic mass is 35.5. The number of halogens is 2. The lowest BCUT2D eigenvalue weighted by Gasteiger charge is -2.36. The van der Waals surface area contributed by atoms with Gasteiger partial charge in [0.1, 0.15) is 23.2 Å². The van der Waals surface area contributed by atoms with Crippen molar-refractivity contribution in [3.05, 3.63) is 87.1 Å². The van der Waals surface area contributed by atoms with E-state index in [9.17, 15) is 10.1 Å². The number of nitrogens with zero attached hydrogens (tertiary/aromatic N) is 2. The Labute approximate surface area is 182 Å². The van der Waals surface area contributed by atoms with Crippen LogP contribution in [0.15, 0.2) is 75.7 Å². The number of thiol groups is 1. The van der Waals surface area contributed by atoms with E-state index in [0.717, 1.165) is 5.69 Å². The monoisotopic (exact) mass is 441 g/mol. The Bertz CT molecular complexity index is 1150. The molecule has 0 saturated carbocycles.